The monoisotopic (exact) mass is 288 g/mol. The van der Waals surface area contributed by atoms with Crippen molar-refractivity contribution in [3.8, 4) is 16.9 Å². The Kier molecular flexibility index (Phi) is 4.72. The molecular formula is C18H21ClO. The summed E-state index contributed by atoms with van der Waals surface area (Å²) in [7, 11) is 0. The SMILES string of the molecule is CC(C)(C)CCOc1ccccc1-c1ccc(Cl)cc1. The van der Waals surface area contributed by atoms with Crippen molar-refractivity contribution in [3.63, 3.8) is 0 Å². The van der Waals surface area contributed by atoms with Crippen molar-refractivity contribution in [2.75, 3.05) is 6.61 Å². The first-order valence-corrected chi connectivity index (χ1v) is 7.31. The molecule has 0 heterocycles. The van der Waals surface area contributed by atoms with Gasteiger partial charge in [0, 0.05) is 10.6 Å². The first-order valence-electron chi connectivity index (χ1n) is 6.93. The molecule has 0 bridgehead atoms. The smallest absolute Gasteiger partial charge is 0.127 e. The molecule has 0 fully saturated rings. The fraction of sp³-hybridized carbons (Fsp3) is 0.333. The predicted molar refractivity (Wildman–Crippen MR) is 86.5 cm³/mol. The van der Waals surface area contributed by atoms with Gasteiger partial charge in [0.25, 0.3) is 0 Å². The second-order valence-electron chi connectivity index (χ2n) is 6.16. The van der Waals surface area contributed by atoms with Gasteiger partial charge in [-0.1, -0.05) is 62.7 Å². The van der Waals surface area contributed by atoms with Crippen LogP contribution in [0.25, 0.3) is 11.1 Å². The molecule has 0 aliphatic rings. The molecule has 0 atom stereocenters. The van der Waals surface area contributed by atoms with Crippen LogP contribution in [0.5, 0.6) is 5.75 Å². The highest BCUT2D eigenvalue weighted by Crippen LogP contribution is 2.31. The van der Waals surface area contributed by atoms with E-state index in [0.29, 0.717) is 0 Å². The van der Waals surface area contributed by atoms with E-state index in [4.69, 9.17) is 16.3 Å². The van der Waals surface area contributed by atoms with E-state index in [1.807, 2.05) is 42.5 Å². The second-order valence-corrected chi connectivity index (χ2v) is 6.60. The minimum absolute atomic E-state index is 0.287. The summed E-state index contributed by atoms with van der Waals surface area (Å²) < 4.78 is 5.96. The maximum atomic E-state index is 5.96. The van der Waals surface area contributed by atoms with Crippen molar-refractivity contribution in [1.82, 2.24) is 0 Å². The van der Waals surface area contributed by atoms with Crippen molar-refractivity contribution in [2.24, 2.45) is 5.41 Å². The lowest BCUT2D eigenvalue weighted by atomic mass is 9.93. The minimum atomic E-state index is 0.287. The van der Waals surface area contributed by atoms with Crippen LogP contribution in [0.1, 0.15) is 27.2 Å². The van der Waals surface area contributed by atoms with E-state index in [0.717, 1.165) is 34.9 Å². The largest absolute Gasteiger partial charge is 0.493 e. The predicted octanol–water partition coefficient (Wildman–Crippen LogP) is 5.82. The van der Waals surface area contributed by atoms with Gasteiger partial charge in [0.2, 0.25) is 0 Å². The third kappa shape index (κ3) is 4.28. The van der Waals surface area contributed by atoms with E-state index in [9.17, 15) is 0 Å². The second kappa shape index (κ2) is 6.32. The normalized spacial score (nSPS) is 11.4. The maximum absolute atomic E-state index is 5.96. The van der Waals surface area contributed by atoms with E-state index in [-0.39, 0.29) is 5.41 Å². The summed E-state index contributed by atoms with van der Waals surface area (Å²) in [6.45, 7) is 7.40. The Morgan fingerprint density at radius 3 is 2.25 bits per heavy atom. The van der Waals surface area contributed by atoms with Crippen molar-refractivity contribution < 1.29 is 4.74 Å². The molecule has 0 radical (unpaired) electrons. The topological polar surface area (TPSA) is 9.23 Å². The lowest BCUT2D eigenvalue weighted by molar-refractivity contribution is 0.244. The summed E-state index contributed by atoms with van der Waals surface area (Å²) in [6.07, 6.45) is 1.03. The summed E-state index contributed by atoms with van der Waals surface area (Å²) in [5.74, 6) is 0.930. The Balaban J connectivity index is 2.16. The van der Waals surface area contributed by atoms with Crippen LogP contribution in [0.2, 0.25) is 5.02 Å². The molecule has 2 rings (SSSR count). The van der Waals surface area contributed by atoms with Crippen molar-refractivity contribution >= 4 is 11.6 Å². The summed E-state index contributed by atoms with van der Waals surface area (Å²) in [5.41, 5.74) is 2.52. The van der Waals surface area contributed by atoms with Crippen molar-refractivity contribution in [2.45, 2.75) is 27.2 Å². The van der Waals surface area contributed by atoms with Crippen LogP contribution in [0, 0.1) is 5.41 Å². The van der Waals surface area contributed by atoms with Crippen LogP contribution >= 0.6 is 11.6 Å². The average Bonchev–Trinajstić information content (AvgIpc) is 2.39. The molecule has 0 unspecified atom stereocenters. The molecule has 0 N–H and O–H groups in total. The van der Waals surface area contributed by atoms with Gasteiger partial charge in [-0.25, -0.2) is 0 Å². The Labute approximate surface area is 126 Å². The van der Waals surface area contributed by atoms with Crippen LogP contribution < -0.4 is 4.74 Å². The zero-order valence-corrected chi connectivity index (χ0v) is 13.1. The quantitative estimate of drug-likeness (QED) is 0.688. The Morgan fingerprint density at radius 2 is 1.60 bits per heavy atom. The van der Waals surface area contributed by atoms with E-state index < -0.39 is 0 Å². The van der Waals surface area contributed by atoms with Gasteiger partial charge in [-0.05, 0) is 35.6 Å². The molecule has 0 amide bonds. The highest BCUT2D eigenvalue weighted by molar-refractivity contribution is 6.30. The molecule has 0 saturated heterocycles. The molecule has 106 valence electrons. The maximum Gasteiger partial charge on any atom is 0.127 e. The number of halogens is 1. The van der Waals surface area contributed by atoms with E-state index >= 15 is 0 Å². The molecule has 0 aromatic heterocycles. The van der Waals surface area contributed by atoms with Crippen LogP contribution in [0.15, 0.2) is 48.5 Å². The fourth-order valence-electron chi connectivity index (χ4n) is 1.93. The Morgan fingerprint density at radius 1 is 0.950 bits per heavy atom. The summed E-state index contributed by atoms with van der Waals surface area (Å²) in [5, 5.41) is 0.750. The molecule has 0 saturated carbocycles. The van der Waals surface area contributed by atoms with Gasteiger partial charge in [-0.15, -0.1) is 0 Å². The lowest BCUT2D eigenvalue weighted by Gasteiger charge is -2.19. The first kappa shape index (κ1) is 14.9. The third-order valence-corrected chi connectivity index (χ3v) is 3.40. The number of benzene rings is 2. The number of rotatable bonds is 4. The molecule has 20 heavy (non-hydrogen) atoms. The van der Waals surface area contributed by atoms with Gasteiger partial charge in [0.1, 0.15) is 5.75 Å². The highest BCUT2D eigenvalue weighted by Gasteiger charge is 2.11. The third-order valence-electron chi connectivity index (χ3n) is 3.15. The molecule has 1 nitrogen and oxygen atoms in total. The Hall–Kier alpha value is -1.47. The lowest BCUT2D eigenvalue weighted by Crippen LogP contribution is -2.11. The molecule has 0 aliphatic heterocycles. The van der Waals surface area contributed by atoms with Crippen LogP contribution in [0.4, 0.5) is 0 Å². The number of para-hydroxylation sites is 1. The number of ether oxygens (including phenoxy) is 1. The van der Waals surface area contributed by atoms with Gasteiger partial charge < -0.3 is 4.74 Å². The molecule has 0 spiro atoms. The molecule has 2 heteroatoms. The summed E-state index contributed by atoms with van der Waals surface area (Å²) >= 11 is 5.94. The molecular weight excluding hydrogens is 268 g/mol. The molecule has 2 aromatic rings. The first-order chi connectivity index (χ1) is 9.46. The van der Waals surface area contributed by atoms with E-state index in [1.54, 1.807) is 0 Å². The average molecular weight is 289 g/mol. The molecule has 2 aromatic carbocycles. The zero-order chi connectivity index (χ0) is 14.6. The van der Waals surface area contributed by atoms with Crippen LogP contribution in [-0.4, -0.2) is 6.61 Å². The van der Waals surface area contributed by atoms with Crippen molar-refractivity contribution in [1.29, 1.82) is 0 Å². The summed E-state index contributed by atoms with van der Waals surface area (Å²) in [6, 6.07) is 16.0. The zero-order valence-electron chi connectivity index (χ0n) is 12.3. The van der Waals surface area contributed by atoms with Crippen LogP contribution in [-0.2, 0) is 0 Å². The number of hydrogen-bond acceptors (Lipinski definition) is 1. The fourth-order valence-corrected chi connectivity index (χ4v) is 2.05. The minimum Gasteiger partial charge on any atom is -0.493 e. The van der Waals surface area contributed by atoms with Crippen LogP contribution in [0.3, 0.4) is 0 Å². The van der Waals surface area contributed by atoms with Gasteiger partial charge >= 0.3 is 0 Å². The summed E-state index contributed by atoms with van der Waals surface area (Å²) in [4.78, 5) is 0. The highest BCUT2D eigenvalue weighted by atomic mass is 35.5. The number of hydrogen-bond donors (Lipinski definition) is 0. The van der Waals surface area contributed by atoms with Gasteiger partial charge in [0.15, 0.2) is 0 Å². The standard InChI is InChI=1S/C18H21ClO/c1-18(2,3)12-13-20-17-7-5-4-6-16(17)14-8-10-15(19)11-9-14/h4-11H,12-13H2,1-3H3. The van der Waals surface area contributed by atoms with E-state index in [2.05, 4.69) is 26.8 Å². The van der Waals surface area contributed by atoms with Gasteiger partial charge in [-0.2, -0.15) is 0 Å². The van der Waals surface area contributed by atoms with Gasteiger partial charge in [0.05, 0.1) is 6.61 Å². The van der Waals surface area contributed by atoms with Gasteiger partial charge in [-0.3, -0.25) is 0 Å². The van der Waals surface area contributed by atoms with Crippen molar-refractivity contribution in [3.05, 3.63) is 53.6 Å². The molecule has 0 aliphatic carbocycles. The van der Waals surface area contributed by atoms with E-state index in [1.165, 1.54) is 0 Å². The Bertz CT molecular complexity index is 552.